The summed E-state index contributed by atoms with van der Waals surface area (Å²) < 4.78 is 0. The van der Waals surface area contributed by atoms with E-state index in [1.54, 1.807) is 0 Å². The molecule has 2 aromatic carbocycles. The second kappa shape index (κ2) is 11.4. The van der Waals surface area contributed by atoms with E-state index in [4.69, 9.17) is 10.2 Å². The van der Waals surface area contributed by atoms with Crippen LogP contribution in [0.4, 0.5) is 0 Å². The van der Waals surface area contributed by atoms with E-state index in [0.29, 0.717) is 18.8 Å². The van der Waals surface area contributed by atoms with Gasteiger partial charge in [-0.15, -0.1) is 0 Å². The Morgan fingerprint density at radius 3 is 1.54 bits per heavy atom. The highest BCUT2D eigenvalue weighted by atomic mass is 28.3. The fourth-order valence-electron chi connectivity index (χ4n) is 2.53. The summed E-state index contributed by atoms with van der Waals surface area (Å²) in [5.41, 5.74) is 3.31. The summed E-state index contributed by atoms with van der Waals surface area (Å²) in [6, 6.07) is 23.3. The van der Waals surface area contributed by atoms with E-state index in [1.165, 1.54) is 11.1 Å². The number of hydrogen-bond donors (Lipinski definition) is 2. The van der Waals surface area contributed by atoms with Gasteiger partial charge in [0.15, 0.2) is 0 Å². The van der Waals surface area contributed by atoms with E-state index in [0.717, 1.165) is 12.1 Å². The van der Waals surface area contributed by atoms with Crippen molar-refractivity contribution < 1.29 is 10.2 Å². The molecule has 2 N–H and O–H groups in total. The monoisotopic (exact) mass is 360 g/mol. The highest BCUT2D eigenvalue weighted by Crippen LogP contribution is 2.23. The lowest BCUT2D eigenvalue weighted by Gasteiger charge is -2.17. The largest absolute Gasteiger partial charge is 0.397 e. The molecule has 0 fully saturated rings. The van der Waals surface area contributed by atoms with E-state index >= 15 is 0 Å². The molecule has 0 radical (unpaired) electrons. The van der Waals surface area contributed by atoms with Crippen molar-refractivity contribution in [3.05, 3.63) is 71.8 Å². The number of benzene rings is 2. The van der Waals surface area contributed by atoms with Crippen molar-refractivity contribution in [3.8, 4) is 0 Å². The molecular weight excluding hydrogens is 328 g/mol. The zero-order valence-electron chi connectivity index (χ0n) is 15.3. The molecule has 2 aromatic rings. The highest BCUT2D eigenvalue weighted by molar-refractivity contribution is 6.76. The van der Waals surface area contributed by atoms with Crippen LogP contribution in [0.3, 0.4) is 0 Å². The lowest BCUT2D eigenvalue weighted by molar-refractivity contribution is 0.316. The summed E-state index contributed by atoms with van der Waals surface area (Å²) in [4.78, 5) is 0. The second-order valence-electron chi connectivity index (χ2n) is 7.27. The Morgan fingerprint density at radius 1 is 0.792 bits per heavy atom. The molecule has 2 rings (SSSR count). The van der Waals surface area contributed by atoms with Crippen molar-refractivity contribution in [2.75, 3.05) is 13.2 Å². The molecule has 0 saturated heterocycles. The van der Waals surface area contributed by atoms with Gasteiger partial charge in [0.1, 0.15) is 0 Å². The van der Waals surface area contributed by atoms with Crippen LogP contribution in [0.1, 0.15) is 16.7 Å². The van der Waals surface area contributed by atoms with Crippen molar-refractivity contribution in [3.63, 3.8) is 0 Å². The molecule has 0 heterocycles. The lowest BCUT2D eigenvalue weighted by Crippen LogP contribution is -2.20. The molecule has 132 valence electrons. The molecule has 4 heteroatoms. The first-order chi connectivity index (χ1) is 11.5. The number of rotatable bonds is 7. The quantitative estimate of drug-likeness (QED) is 0.740. The van der Waals surface area contributed by atoms with Crippen LogP contribution in [0.15, 0.2) is 60.7 Å². The first-order valence-corrected chi connectivity index (χ1v) is 14.3. The van der Waals surface area contributed by atoms with Gasteiger partial charge in [-0.05, 0) is 28.8 Å². The van der Waals surface area contributed by atoms with Crippen LogP contribution < -0.4 is 0 Å². The molecule has 0 aliphatic heterocycles. The summed E-state index contributed by atoms with van der Waals surface area (Å²) in [6.45, 7) is 7.45. The van der Waals surface area contributed by atoms with Gasteiger partial charge in [0, 0.05) is 30.8 Å². The predicted octanol–water partition coefficient (Wildman–Crippen LogP) is 3.67. The molecule has 0 aromatic heterocycles. The molecule has 0 bridgehead atoms. The summed E-state index contributed by atoms with van der Waals surface area (Å²) in [5.74, 6) is 0. The molecular formula is C20H32O2Si2. The minimum atomic E-state index is -0.907. The lowest BCUT2D eigenvalue weighted by atomic mass is 10.0. The maximum Gasteiger partial charge on any atom is 0.0465 e. The maximum absolute atomic E-state index is 9.04. The molecule has 24 heavy (non-hydrogen) atoms. The Morgan fingerprint density at radius 2 is 1.25 bits per heavy atom. The Hall–Kier alpha value is -1.21. The van der Waals surface area contributed by atoms with Crippen LogP contribution in [0.2, 0.25) is 31.7 Å². The van der Waals surface area contributed by atoms with Gasteiger partial charge >= 0.3 is 0 Å². The average Bonchev–Trinajstić information content (AvgIpc) is 2.57. The normalized spacial score (nSPS) is 11.6. The predicted molar refractivity (Wildman–Crippen MR) is 110 cm³/mol. The van der Waals surface area contributed by atoms with Gasteiger partial charge in [0.25, 0.3) is 0 Å². The summed E-state index contributed by atoms with van der Waals surface area (Å²) in [7, 11) is -1.23. The van der Waals surface area contributed by atoms with E-state index in [2.05, 4.69) is 80.3 Å². The summed E-state index contributed by atoms with van der Waals surface area (Å²) >= 11 is 0. The van der Waals surface area contributed by atoms with Crippen molar-refractivity contribution in [1.82, 2.24) is 0 Å². The average molecular weight is 361 g/mol. The Bertz CT molecular complexity index is 499. The third-order valence-corrected chi connectivity index (χ3v) is 7.88. The van der Waals surface area contributed by atoms with Gasteiger partial charge in [-0.25, -0.2) is 0 Å². The van der Waals surface area contributed by atoms with E-state index in [9.17, 15) is 0 Å². The van der Waals surface area contributed by atoms with Crippen molar-refractivity contribution >= 4 is 17.6 Å². The van der Waals surface area contributed by atoms with Gasteiger partial charge in [-0.1, -0.05) is 80.3 Å². The van der Waals surface area contributed by atoms with Crippen LogP contribution >= 0.6 is 0 Å². The first-order valence-electron chi connectivity index (χ1n) is 8.79. The summed E-state index contributed by atoms with van der Waals surface area (Å²) in [6.07, 6.45) is 0. The minimum Gasteiger partial charge on any atom is -0.397 e. The Kier molecular flexibility index (Phi) is 9.87. The number of aliphatic hydroxyl groups excluding tert-OH is 2. The SMILES string of the molecule is C[Si](C)(C)CCO.OCC[SiH2]C(c1ccccc1)c1ccccc1. The van der Waals surface area contributed by atoms with Gasteiger partial charge < -0.3 is 10.2 Å². The molecule has 0 saturated carbocycles. The van der Waals surface area contributed by atoms with Gasteiger partial charge in [0.2, 0.25) is 0 Å². The van der Waals surface area contributed by atoms with Crippen LogP contribution in [-0.2, 0) is 0 Å². The number of hydrogen-bond acceptors (Lipinski definition) is 2. The molecule has 0 atom stereocenters. The molecule has 0 amide bonds. The van der Waals surface area contributed by atoms with Crippen LogP contribution in [0.25, 0.3) is 0 Å². The van der Waals surface area contributed by atoms with Crippen molar-refractivity contribution in [2.24, 2.45) is 0 Å². The van der Waals surface area contributed by atoms with Crippen molar-refractivity contribution in [2.45, 2.75) is 37.3 Å². The second-order valence-corrected chi connectivity index (χ2v) is 15.0. The van der Waals surface area contributed by atoms with Gasteiger partial charge in [0.05, 0.1) is 0 Å². The molecule has 2 nitrogen and oxygen atoms in total. The van der Waals surface area contributed by atoms with Crippen LogP contribution in [-0.4, -0.2) is 41.0 Å². The smallest absolute Gasteiger partial charge is 0.0465 e. The highest BCUT2D eigenvalue weighted by Gasteiger charge is 2.13. The first kappa shape index (κ1) is 20.8. The van der Waals surface area contributed by atoms with Crippen LogP contribution in [0, 0.1) is 0 Å². The van der Waals surface area contributed by atoms with E-state index in [-0.39, 0.29) is 9.52 Å². The fourth-order valence-corrected chi connectivity index (χ4v) is 5.00. The van der Waals surface area contributed by atoms with E-state index < -0.39 is 8.07 Å². The maximum atomic E-state index is 9.04. The van der Waals surface area contributed by atoms with E-state index in [1.807, 2.05) is 0 Å². The molecule has 0 aliphatic carbocycles. The topological polar surface area (TPSA) is 40.5 Å². The fraction of sp³-hybridized carbons (Fsp3) is 0.400. The number of aliphatic hydroxyl groups is 2. The standard InChI is InChI=1S/C15H18OSi.C5H14OSi/c16-11-12-17-15(13-7-3-1-4-8-13)14-9-5-2-6-10-14;1-7(2,3)5-4-6/h1-10,15-16H,11-12,17H2;6H,4-5H2,1-3H3. The third-order valence-electron chi connectivity index (χ3n) is 3.92. The molecule has 0 aliphatic rings. The minimum absolute atomic E-state index is 0.321. The molecule has 0 spiro atoms. The zero-order valence-corrected chi connectivity index (χ0v) is 17.7. The van der Waals surface area contributed by atoms with Crippen LogP contribution in [0.5, 0.6) is 0 Å². The summed E-state index contributed by atoms with van der Waals surface area (Å²) in [5, 5.41) is 17.5. The molecule has 0 unspecified atom stereocenters. The van der Waals surface area contributed by atoms with Gasteiger partial charge in [-0.2, -0.15) is 0 Å². The Balaban J connectivity index is 0.000000351. The Labute approximate surface area is 150 Å². The third kappa shape index (κ3) is 8.59. The van der Waals surface area contributed by atoms with Crippen molar-refractivity contribution in [1.29, 1.82) is 0 Å². The zero-order chi connectivity index (χ0) is 17.8. The van der Waals surface area contributed by atoms with Gasteiger partial charge in [-0.3, -0.25) is 0 Å².